The summed E-state index contributed by atoms with van der Waals surface area (Å²) in [5.74, 6) is 0. The second-order valence-electron chi connectivity index (χ2n) is 2.25. The molecule has 1 rings (SSSR count). The molecule has 0 aromatic carbocycles. The van der Waals surface area contributed by atoms with Crippen LogP contribution in [-0.4, -0.2) is 9.78 Å². The van der Waals surface area contributed by atoms with Crippen LogP contribution in [0.25, 0.3) is 0 Å². The van der Waals surface area contributed by atoms with E-state index < -0.39 is 0 Å². The first-order valence-corrected chi connectivity index (χ1v) is 3.33. The predicted molar refractivity (Wildman–Crippen MR) is 41.9 cm³/mol. The SMILES string of the molecule is C=CCn1cc(C#N)c(C)n1. The van der Waals surface area contributed by atoms with Gasteiger partial charge in [0.2, 0.25) is 0 Å². The lowest BCUT2D eigenvalue weighted by atomic mass is 10.3. The standard InChI is InChI=1S/C8H9N3/c1-3-4-11-6-8(5-9)7(2)10-11/h3,6H,1,4H2,2H3. The van der Waals surface area contributed by atoms with Crippen molar-refractivity contribution in [3.05, 3.63) is 30.1 Å². The van der Waals surface area contributed by atoms with Gasteiger partial charge in [0.05, 0.1) is 17.8 Å². The molecule has 0 fully saturated rings. The highest BCUT2D eigenvalue weighted by molar-refractivity contribution is 5.29. The fraction of sp³-hybridized carbons (Fsp3) is 0.250. The van der Waals surface area contributed by atoms with Crippen LogP contribution in [0.1, 0.15) is 11.3 Å². The minimum absolute atomic E-state index is 0.631. The first kappa shape index (κ1) is 7.55. The van der Waals surface area contributed by atoms with Gasteiger partial charge in [-0.3, -0.25) is 4.68 Å². The van der Waals surface area contributed by atoms with Crippen molar-refractivity contribution in [1.29, 1.82) is 5.26 Å². The van der Waals surface area contributed by atoms with E-state index in [2.05, 4.69) is 17.7 Å². The minimum Gasteiger partial charge on any atom is -0.267 e. The van der Waals surface area contributed by atoms with Gasteiger partial charge in [-0.25, -0.2) is 0 Å². The maximum Gasteiger partial charge on any atom is 0.103 e. The molecule has 0 saturated carbocycles. The summed E-state index contributed by atoms with van der Waals surface area (Å²) in [5, 5.41) is 12.7. The van der Waals surface area contributed by atoms with Crippen LogP contribution < -0.4 is 0 Å². The Bertz CT molecular complexity index is 304. The average Bonchev–Trinajstić information content (AvgIpc) is 2.32. The lowest BCUT2D eigenvalue weighted by Crippen LogP contribution is -1.94. The molecule has 0 saturated heterocycles. The van der Waals surface area contributed by atoms with Gasteiger partial charge in [0, 0.05) is 6.20 Å². The molecule has 0 spiro atoms. The Kier molecular flexibility index (Phi) is 2.07. The number of hydrogen-bond donors (Lipinski definition) is 0. The Labute approximate surface area is 65.6 Å². The molecule has 1 heterocycles. The van der Waals surface area contributed by atoms with Gasteiger partial charge in [0.15, 0.2) is 0 Å². The van der Waals surface area contributed by atoms with Crippen molar-refractivity contribution in [2.45, 2.75) is 13.5 Å². The smallest absolute Gasteiger partial charge is 0.103 e. The Hall–Kier alpha value is -1.56. The Morgan fingerprint density at radius 1 is 1.91 bits per heavy atom. The molecule has 11 heavy (non-hydrogen) atoms. The third kappa shape index (κ3) is 1.47. The van der Waals surface area contributed by atoms with E-state index in [1.165, 1.54) is 0 Å². The third-order valence-electron chi connectivity index (χ3n) is 1.38. The molecular weight excluding hydrogens is 138 g/mol. The molecule has 0 atom stereocenters. The lowest BCUT2D eigenvalue weighted by molar-refractivity contribution is 0.694. The van der Waals surface area contributed by atoms with Crippen LogP contribution in [0.15, 0.2) is 18.9 Å². The first-order chi connectivity index (χ1) is 5.27. The molecular formula is C8H9N3. The van der Waals surface area contributed by atoms with Crippen molar-refractivity contribution < 1.29 is 0 Å². The first-order valence-electron chi connectivity index (χ1n) is 3.33. The third-order valence-corrected chi connectivity index (χ3v) is 1.38. The lowest BCUT2D eigenvalue weighted by Gasteiger charge is -1.90. The molecule has 0 unspecified atom stereocenters. The van der Waals surface area contributed by atoms with E-state index in [-0.39, 0.29) is 0 Å². The number of nitriles is 1. The van der Waals surface area contributed by atoms with E-state index in [4.69, 9.17) is 5.26 Å². The van der Waals surface area contributed by atoms with Crippen molar-refractivity contribution >= 4 is 0 Å². The van der Waals surface area contributed by atoms with Gasteiger partial charge in [-0.05, 0) is 6.92 Å². The van der Waals surface area contributed by atoms with Crippen LogP contribution >= 0.6 is 0 Å². The topological polar surface area (TPSA) is 41.6 Å². The van der Waals surface area contributed by atoms with Crippen LogP contribution in [0.3, 0.4) is 0 Å². The molecule has 56 valence electrons. The fourth-order valence-corrected chi connectivity index (χ4v) is 0.853. The number of aromatic nitrogens is 2. The molecule has 3 nitrogen and oxygen atoms in total. The quantitative estimate of drug-likeness (QED) is 0.591. The summed E-state index contributed by atoms with van der Waals surface area (Å²) in [6.45, 7) is 6.05. The zero-order chi connectivity index (χ0) is 8.27. The summed E-state index contributed by atoms with van der Waals surface area (Å²) >= 11 is 0. The summed E-state index contributed by atoms with van der Waals surface area (Å²) in [6, 6.07) is 2.06. The maximum atomic E-state index is 8.57. The van der Waals surface area contributed by atoms with Crippen LogP contribution in [0.5, 0.6) is 0 Å². The number of nitrogens with zero attached hydrogens (tertiary/aromatic N) is 3. The Morgan fingerprint density at radius 3 is 3.09 bits per heavy atom. The molecule has 0 N–H and O–H groups in total. The van der Waals surface area contributed by atoms with Gasteiger partial charge < -0.3 is 0 Å². The minimum atomic E-state index is 0.631. The van der Waals surface area contributed by atoms with Crippen LogP contribution in [-0.2, 0) is 6.54 Å². The molecule has 0 aliphatic carbocycles. The number of hydrogen-bond acceptors (Lipinski definition) is 2. The maximum absolute atomic E-state index is 8.57. The highest BCUT2D eigenvalue weighted by Gasteiger charge is 2.00. The summed E-state index contributed by atoms with van der Waals surface area (Å²) in [4.78, 5) is 0. The Balaban J connectivity index is 2.97. The summed E-state index contributed by atoms with van der Waals surface area (Å²) in [5.41, 5.74) is 1.40. The van der Waals surface area contributed by atoms with Crippen molar-refractivity contribution in [3.8, 4) is 6.07 Å². The largest absolute Gasteiger partial charge is 0.267 e. The zero-order valence-electron chi connectivity index (χ0n) is 6.41. The normalized spacial score (nSPS) is 9.09. The van der Waals surface area contributed by atoms with E-state index in [0.717, 1.165) is 5.69 Å². The van der Waals surface area contributed by atoms with Crippen molar-refractivity contribution in [2.24, 2.45) is 0 Å². The fourth-order valence-electron chi connectivity index (χ4n) is 0.853. The van der Waals surface area contributed by atoms with Gasteiger partial charge in [0.1, 0.15) is 6.07 Å². The van der Waals surface area contributed by atoms with Crippen LogP contribution in [0, 0.1) is 18.3 Å². The molecule has 1 aromatic heterocycles. The highest BCUT2D eigenvalue weighted by atomic mass is 15.3. The van der Waals surface area contributed by atoms with Crippen molar-refractivity contribution in [3.63, 3.8) is 0 Å². The van der Waals surface area contributed by atoms with E-state index >= 15 is 0 Å². The summed E-state index contributed by atoms with van der Waals surface area (Å²) < 4.78 is 1.70. The monoisotopic (exact) mass is 147 g/mol. The van der Waals surface area contributed by atoms with Gasteiger partial charge in [-0.15, -0.1) is 6.58 Å². The van der Waals surface area contributed by atoms with E-state index in [1.807, 2.05) is 6.92 Å². The van der Waals surface area contributed by atoms with E-state index in [0.29, 0.717) is 12.1 Å². The number of rotatable bonds is 2. The van der Waals surface area contributed by atoms with E-state index in [1.54, 1.807) is 17.0 Å². The van der Waals surface area contributed by atoms with Gasteiger partial charge in [-0.1, -0.05) is 6.08 Å². The van der Waals surface area contributed by atoms with Crippen LogP contribution in [0.2, 0.25) is 0 Å². The highest BCUT2D eigenvalue weighted by Crippen LogP contribution is 2.02. The van der Waals surface area contributed by atoms with Gasteiger partial charge >= 0.3 is 0 Å². The zero-order valence-corrected chi connectivity index (χ0v) is 6.41. The molecule has 3 heteroatoms. The predicted octanol–water partition coefficient (Wildman–Crippen LogP) is 1.25. The Morgan fingerprint density at radius 2 is 2.64 bits per heavy atom. The van der Waals surface area contributed by atoms with Crippen LogP contribution in [0.4, 0.5) is 0 Å². The van der Waals surface area contributed by atoms with Gasteiger partial charge in [-0.2, -0.15) is 10.4 Å². The molecule has 0 bridgehead atoms. The van der Waals surface area contributed by atoms with E-state index in [9.17, 15) is 0 Å². The average molecular weight is 147 g/mol. The molecule has 0 aliphatic heterocycles. The summed E-state index contributed by atoms with van der Waals surface area (Å²) in [7, 11) is 0. The van der Waals surface area contributed by atoms with Gasteiger partial charge in [0.25, 0.3) is 0 Å². The summed E-state index contributed by atoms with van der Waals surface area (Å²) in [6.07, 6.45) is 3.46. The molecule has 0 amide bonds. The second-order valence-corrected chi connectivity index (χ2v) is 2.25. The second kappa shape index (κ2) is 3.02. The molecule has 0 aliphatic rings. The number of allylic oxidation sites excluding steroid dienone is 1. The van der Waals surface area contributed by atoms with Crippen molar-refractivity contribution in [2.75, 3.05) is 0 Å². The molecule has 1 aromatic rings. The number of aryl methyl sites for hydroxylation is 1. The van der Waals surface area contributed by atoms with Crippen molar-refractivity contribution in [1.82, 2.24) is 9.78 Å². The molecule has 0 radical (unpaired) electrons.